The Hall–Kier alpha value is -3.86. The molecule has 8 nitrogen and oxygen atoms in total. The van der Waals surface area contributed by atoms with Crippen LogP contribution < -0.4 is 10.6 Å². The van der Waals surface area contributed by atoms with Crippen LogP contribution in [0.1, 0.15) is 81.2 Å². The van der Waals surface area contributed by atoms with Crippen molar-refractivity contribution in [2.24, 2.45) is 0 Å². The molecule has 2 atom stereocenters. The lowest BCUT2D eigenvalue weighted by atomic mass is 9.94. The van der Waals surface area contributed by atoms with Crippen molar-refractivity contribution in [1.29, 1.82) is 5.26 Å². The number of hydrogen-bond donors (Lipinski definition) is 2. The Morgan fingerprint density at radius 2 is 1.70 bits per heavy atom. The minimum Gasteiger partial charge on any atom is -0.444 e. The number of rotatable bonds is 9. The van der Waals surface area contributed by atoms with Crippen molar-refractivity contribution < 1.29 is 19.1 Å². The van der Waals surface area contributed by atoms with Crippen LogP contribution in [0.25, 0.3) is 0 Å². The highest BCUT2D eigenvalue weighted by molar-refractivity contribution is 5.92. The summed E-state index contributed by atoms with van der Waals surface area (Å²) >= 11 is 0. The lowest BCUT2D eigenvalue weighted by molar-refractivity contribution is -0.142. The van der Waals surface area contributed by atoms with Gasteiger partial charge in [0.1, 0.15) is 24.2 Å². The number of aryl methyl sites for hydroxylation is 2. The number of nitriles is 1. The number of benzene rings is 2. The highest BCUT2D eigenvalue weighted by Crippen LogP contribution is 2.27. The maximum Gasteiger partial charge on any atom is 0.408 e. The second-order valence-electron chi connectivity index (χ2n) is 11.6. The zero-order valence-electron chi connectivity index (χ0n) is 24.3. The minimum atomic E-state index is -1.05. The van der Waals surface area contributed by atoms with Crippen LogP contribution in [0.15, 0.2) is 48.5 Å². The molecule has 0 aromatic heterocycles. The number of carbonyl (C=O) groups excluding carboxylic acids is 3. The normalized spacial score (nSPS) is 15.3. The molecular formula is C32H42N4O4. The third-order valence-electron chi connectivity index (χ3n) is 7.15. The van der Waals surface area contributed by atoms with E-state index in [2.05, 4.69) is 16.7 Å². The lowest BCUT2D eigenvalue weighted by Crippen LogP contribution is -2.54. The molecule has 2 aromatic carbocycles. The molecule has 2 aromatic rings. The number of alkyl carbamates (subject to hydrolysis) is 1. The molecule has 1 fully saturated rings. The van der Waals surface area contributed by atoms with Gasteiger partial charge in [0.2, 0.25) is 11.8 Å². The Bertz CT molecular complexity index is 1210. The van der Waals surface area contributed by atoms with Gasteiger partial charge < -0.3 is 20.3 Å². The predicted molar refractivity (Wildman–Crippen MR) is 154 cm³/mol. The topological polar surface area (TPSA) is 112 Å². The van der Waals surface area contributed by atoms with Gasteiger partial charge in [-0.25, -0.2) is 4.79 Å². The number of carbonyl (C=O) groups is 3. The summed E-state index contributed by atoms with van der Waals surface area (Å²) in [5.41, 5.74) is 2.71. The molecule has 1 saturated carbocycles. The summed E-state index contributed by atoms with van der Waals surface area (Å²) in [5, 5.41) is 15.7. The summed E-state index contributed by atoms with van der Waals surface area (Å²) < 4.78 is 5.45. The van der Waals surface area contributed by atoms with Gasteiger partial charge in [-0.3, -0.25) is 9.59 Å². The van der Waals surface area contributed by atoms with Gasteiger partial charge in [-0.05, 0) is 69.7 Å². The van der Waals surface area contributed by atoms with Gasteiger partial charge in [-0.1, -0.05) is 67.8 Å². The Morgan fingerprint density at radius 1 is 1.02 bits per heavy atom. The molecule has 40 heavy (non-hydrogen) atoms. The van der Waals surface area contributed by atoms with E-state index in [1.807, 2.05) is 62.4 Å². The molecule has 0 radical (unpaired) electrons. The fraction of sp³-hybridized carbons (Fsp3) is 0.500. The summed E-state index contributed by atoms with van der Waals surface area (Å²) in [6.45, 7) is 8.84. The zero-order chi connectivity index (χ0) is 29.3. The molecule has 1 aliphatic carbocycles. The monoisotopic (exact) mass is 546 g/mol. The number of hydrogen-bond acceptors (Lipinski definition) is 5. The molecule has 2 unspecified atom stereocenters. The number of nitrogens with zero attached hydrogens (tertiary/aromatic N) is 2. The van der Waals surface area contributed by atoms with Crippen LogP contribution in [0, 0.1) is 25.2 Å². The lowest BCUT2D eigenvalue weighted by Gasteiger charge is -2.34. The Kier molecular flexibility index (Phi) is 10.7. The van der Waals surface area contributed by atoms with Crippen LogP contribution in [-0.2, 0) is 20.7 Å². The van der Waals surface area contributed by atoms with E-state index >= 15 is 0 Å². The van der Waals surface area contributed by atoms with Gasteiger partial charge >= 0.3 is 6.09 Å². The number of ether oxygens (including phenoxy) is 1. The van der Waals surface area contributed by atoms with Crippen molar-refractivity contribution in [3.63, 3.8) is 0 Å². The summed E-state index contributed by atoms with van der Waals surface area (Å²) in [6.07, 6.45) is 4.42. The first-order valence-corrected chi connectivity index (χ1v) is 14.1. The third kappa shape index (κ3) is 8.84. The molecule has 3 rings (SSSR count). The van der Waals surface area contributed by atoms with Gasteiger partial charge in [-0.15, -0.1) is 0 Å². The summed E-state index contributed by atoms with van der Waals surface area (Å²) in [6, 6.07) is 15.0. The van der Waals surface area contributed by atoms with Gasteiger partial charge in [0.05, 0.1) is 6.07 Å². The van der Waals surface area contributed by atoms with Crippen LogP contribution in [0.5, 0.6) is 0 Å². The second kappa shape index (κ2) is 14.0. The van der Waals surface area contributed by atoms with E-state index in [4.69, 9.17) is 4.74 Å². The third-order valence-corrected chi connectivity index (χ3v) is 7.15. The Balaban J connectivity index is 2.01. The SMILES string of the molecule is Cc1ccc(C(C(=O)NC2CCCCC2)N(CC#N)C(=O)C(Cc2ccccc2)NC(=O)OC(C)(C)C)cc1C. The van der Waals surface area contributed by atoms with Crippen molar-refractivity contribution in [2.75, 3.05) is 6.54 Å². The second-order valence-corrected chi connectivity index (χ2v) is 11.6. The molecule has 8 heteroatoms. The van der Waals surface area contributed by atoms with Gasteiger partial charge in [0.15, 0.2) is 0 Å². The van der Waals surface area contributed by atoms with E-state index in [1.54, 1.807) is 20.8 Å². The molecule has 214 valence electrons. The molecule has 2 N–H and O–H groups in total. The highest BCUT2D eigenvalue weighted by Gasteiger charge is 2.37. The first-order valence-electron chi connectivity index (χ1n) is 14.1. The average molecular weight is 547 g/mol. The van der Waals surface area contributed by atoms with E-state index in [9.17, 15) is 19.6 Å². The molecule has 0 bridgehead atoms. The minimum absolute atomic E-state index is 0.0225. The van der Waals surface area contributed by atoms with E-state index in [0.29, 0.717) is 5.56 Å². The van der Waals surface area contributed by atoms with Crippen LogP contribution >= 0.6 is 0 Å². The molecule has 1 aliphatic rings. The molecule has 3 amide bonds. The quantitative estimate of drug-likeness (QED) is 0.416. The number of nitrogens with one attached hydrogen (secondary N) is 2. The first-order chi connectivity index (χ1) is 19.0. The predicted octanol–water partition coefficient (Wildman–Crippen LogP) is 5.28. The molecule has 0 aliphatic heterocycles. The Labute approximate surface area is 238 Å². The fourth-order valence-electron chi connectivity index (χ4n) is 5.01. The standard InChI is InChI=1S/C32H42N4O4/c1-22-16-17-25(20-23(22)2)28(29(37)34-26-14-10-7-11-15-26)36(19-18-33)30(38)27(21-24-12-8-6-9-13-24)35-31(39)40-32(3,4)5/h6,8-9,12-13,16-17,20,26-28H,7,10-11,14-15,19,21H2,1-5H3,(H,34,37)(H,35,39). The van der Waals surface area contributed by atoms with Crippen LogP contribution in [0.3, 0.4) is 0 Å². The van der Waals surface area contributed by atoms with E-state index in [0.717, 1.165) is 48.8 Å². The average Bonchev–Trinajstić information content (AvgIpc) is 2.89. The number of amides is 3. The van der Waals surface area contributed by atoms with Gasteiger partial charge in [0, 0.05) is 12.5 Å². The maximum absolute atomic E-state index is 14.2. The first kappa shape index (κ1) is 30.7. The van der Waals surface area contributed by atoms with Crippen molar-refractivity contribution in [1.82, 2.24) is 15.5 Å². The zero-order valence-corrected chi connectivity index (χ0v) is 24.3. The molecule has 0 spiro atoms. The highest BCUT2D eigenvalue weighted by atomic mass is 16.6. The molecule has 0 saturated heterocycles. The van der Waals surface area contributed by atoms with Crippen molar-refractivity contribution in [2.45, 2.75) is 96.9 Å². The van der Waals surface area contributed by atoms with Crippen molar-refractivity contribution in [3.8, 4) is 6.07 Å². The van der Waals surface area contributed by atoms with Gasteiger partial charge in [-0.2, -0.15) is 5.26 Å². The summed E-state index contributed by atoms with van der Waals surface area (Å²) in [7, 11) is 0. The van der Waals surface area contributed by atoms with Crippen molar-refractivity contribution in [3.05, 3.63) is 70.8 Å². The van der Waals surface area contributed by atoms with E-state index in [-0.39, 0.29) is 24.9 Å². The van der Waals surface area contributed by atoms with Crippen LogP contribution in [-0.4, -0.2) is 47.0 Å². The van der Waals surface area contributed by atoms with Crippen molar-refractivity contribution >= 4 is 17.9 Å². The van der Waals surface area contributed by atoms with E-state index < -0.39 is 29.7 Å². The smallest absolute Gasteiger partial charge is 0.408 e. The Morgan fingerprint density at radius 3 is 2.30 bits per heavy atom. The van der Waals surface area contributed by atoms with Crippen LogP contribution in [0.4, 0.5) is 4.79 Å². The maximum atomic E-state index is 14.2. The van der Waals surface area contributed by atoms with E-state index in [1.165, 1.54) is 4.90 Å². The summed E-state index contributed by atoms with van der Waals surface area (Å²) in [5.74, 6) is -0.854. The largest absolute Gasteiger partial charge is 0.444 e. The fourth-order valence-corrected chi connectivity index (χ4v) is 5.01. The van der Waals surface area contributed by atoms with Crippen LogP contribution in [0.2, 0.25) is 0 Å². The molecular weight excluding hydrogens is 504 g/mol. The summed E-state index contributed by atoms with van der Waals surface area (Å²) in [4.78, 5) is 42.2. The molecule has 0 heterocycles. The van der Waals surface area contributed by atoms with Gasteiger partial charge in [0.25, 0.3) is 0 Å².